The van der Waals surface area contributed by atoms with Crippen LogP contribution in [0.3, 0.4) is 0 Å². The highest BCUT2D eigenvalue weighted by Gasteiger charge is 2.16. The number of amides is 2. The Morgan fingerprint density at radius 2 is 0.500 bits per heavy atom. The molecule has 0 saturated heterocycles. The Balaban J connectivity index is 5.35. The van der Waals surface area contributed by atoms with Crippen molar-refractivity contribution in [1.82, 2.24) is 14.7 Å². The summed E-state index contributed by atoms with van der Waals surface area (Å²) >= 11 is 0. The first-order valence-electron chi connectivity index (χ1n) is 28.2. The van der Waals surface area contributed by atoms with Crippen LogP contribution in [0.15, 0.2) is 12.2 Å². The van der Waals surface area contributed by atoms with E-state index in [1.807, 2.05) is 4.90 Å². The van der Waals surface area contributed by atoms with E-state index in [9.17, 15) is 9.59 Å². The summed E-state index contributed by atoms with van der Waals surface area (Å²) in [7, 11) is 0. The van der Waals surface area contributed by atoms with Crippen LogP contribution in [0.4, 0.5) is 0 Å². The number of hydrogen-bond donors (Lipinski definition) is 1. The summed E-state index contributed by atoms with van der Waals surface area (Å²) in [6.07, 6.45) is 56.9. The van der Waals surface area contributed by atoms with Crippen LogP contribution in [0.1, 0.15) is 285 Å². The van der Waals surface area contributed by atoms with E-state index < -0.39 is 5.91 Å². The molecule has 0 rings (SSSR count). The van der Waals surface area contributed by atoms with E-state index in [1.165, 1.54) is 269 Å². The van der Waals surface area contributed by atoms with Crippen LogP contribution in [0.2, 0.25) is 0 Å². The van der Waals surface area contributed by atoms with Gasteiger partial charge in [-0.25, -0.2) is 0 Å². The third-order valence-corrected chi connectivity index (χ3v) is 13.4. The lowest BCUT2D eigenvalue weighted by molar-refractivity contribution is -0.126. The maximum Gasteiger partial charge on any atom is 0.246 e. The summed E-state index contributed by atoms with van der Waals surface area (Å²) in [5.41, 5.74) is 5.47. The van der Waals surface area contributed by atoms with Crippen molar-refractivity contribution in [3.8, 4) is 0 Å². The van der Waals surface area contributed by atoms with Gasteiger partial charge in [0.25, 0.3) is 0 Å². The molecule has 0 atom stereocenters. The van der Waals surface area contributed by atoms with Gasteiger partial charge >= 0.3 is 0 Å². The van der Waals surface area contributed by atoms with Crippen LogP contribution in [0.5, 0.6) is 0 Å². The van der Waals surface area contributed by atoms with Crippen molar-refractivity contribution in [1.29, 1.82) is 0 Å². The van der Waals surface area contributed by atoms with Crippen molar-refractivity contribution in [3.05, 3.63) is 12.2 Å². The molecule has 0 bridgehead atoms. The molecule has 0 fully saturated rings. The second-order valence-corrected chi connectivity index (χ2v) is 19.5. The first kappa shape index (κ1) is 60.6. The summed E-state index contributed by atoms with van der Waals surface area (Å²) in [6.45, 7) is 16.9. The summed E-state index contributed by atoms with van der Waals surface area (Å²) in [5.74, 6) is -0.621. The van der Waals surface area contributed by atoms with Gasteiger partial charge in [-0.05, 0) is 51.9 Å². The van der Waals surface area contributed by atoms with Crippen LogP contribution in [-0.4, -0.2) is 78.9 Å². The minimum absolute atomic E-state index is 0.0700. The Morgan fingerprint density at radius 3 is 0.710 bits per heavy atom. The topological polar surface area (TPSA) is 69.9 Å². The zero-order valence-corrected chi connectivity index (χ0v) is 42.8. The largest absolute Gasteiger partial charge is 0.366 e. The lowest BCUT2D eigenvalue weighted by Gasteiger charge is -2.30. The number of rotatable bonds is 52. The lowest BCUT2D eigenvalue weighted by Crippen LogP contribution is -2.43. The Morgan fingerprint density at radius 1 is 0.290 bits per heavy atom. The quantitative estimate of drug-likeness (QED) is 0.0488. The first-order chi connectivity index (χ1) is 30.5. The van der Waals surface area contributed by atoms with Crippen molar-refractivity contribution in [3.63, 3.8) is 0 Å². The molecule has 0 spiro atoms. The van der Waals surface area contributed by atoms with E-state index in [0.29, 0.717) is 13.1 Å². The van der Waals surface area contributed by atoms with Crippen molar-refractivity contribution in [2.45, 2.75) is 285 Å². The van der Waals surface area contributed by atoms with Crippen LogP contribution in [0, 0.1) is 0 Å². The third-order valence-electron chi connectivity index (χ3n) is 13.4. The molecule has 2 N–H and O–H groups in total. The predicted octanol–water partition coefficient (Wildman–Crippen LogP) is 16.1. The third kappa shape index (κ3) is 45.2. The van der Waals surface area contributed by atoms with Crippen LogP contribution in [0.25, 0.3) is 0 Å². The monoisotopic (exact) mass is 873 g/mol. The van der Waals surface area contributed by atoms with E-state index in [4.69, 9.17) is 5.73 Å². The molecule has 0 saturated carbocycles. The maximum absolute atomic E-state index is 13.6. The van der Waals surface area contributed by atoms with Gasteiger partial charge in [0.1, 0.15) is 0 Å². The minimum atomic E-state index is -0.551. The van der Waals surface area contributed by atoms with Gasteiger partial charge in [-0.2, -0.15) is 0 Å². The number of primary amides is 1. The van der Waals surface area contributed by atoms with Crippen molar-refractivity contribution in [2.75, 3.05) is 52.4 Å². The molecule has 0 aromatic carbocycles. The average molecular weight is 874 g/mol. The van der Waals surface area contributed by atoms with E-state index >= 15 is 0 Å². The smallest absolute Gasteiger partial charge is 0.246 e. The van der Waals surface area contributed by atoms with Gasteiger partial charge in [-0.15, -0.1) is 0 Å². The second-order valence-electron chi connectivity index (χ2n) is 19.5. The van der Waals surface area contributed by atoms with E-state index in [-0.39, 0.29) is 5.91 Å². The van der Waals surface area contributed by atoms with E-state index in [1.54, 1.807) is 0 Å². The molecule has 2 amide bonds. The zero-order valence-electron chi connectivity index (χ0n) is 42.8. The fraction of sp³-hybridized carbons (Fsp3) is 0.929. The highest BCUT2D eigenvalue weighted by molar-refractivity contribution is 5.96. The molecule has 368 valence electrons. The van der Waals surface area contributed by atoms with Gasteiger partial charge in [0.05, 0.1) is 0 Å². The molecular formula is C56H112N4O2. The predicted molar refractivity (Wildman–Crippen MR) is 275 cm³/mol. The molecule has 6 nitrogen and oxygen atoms in total. The number of nitrogens with zero attached hydrogens (tertiary/aromatic N) is 3. The number of carbonyl (C=O) groups is 2. The first-order valence-corrected chi connectivity index (χ1v) is 28.2. The number of nitrogens with two attached hydrogens (primary N) is 1. The Kier molecular flexibility index (Phi) is 49.5. The molecule has 0 heterocycles. The molecular weight excluding hydrogens is 761 g/mol. The van der Waals surface area contributed by atoms with Gasteiger partial charge < -0.3 is 20.4 Å². The minimum Gasteiger partial charge on any atom is -0.366 e. The van der Waals surface area contributed by atoms with Crippen molar-refractivity contribution >= 4 is 11.8 Å². The normalized spacial score (nSPS) is 11.8. The SMILES string of the molecule is CCCCCCCCCCCCN(CCCCCCCCCCCC)CCN(CCN(CCCCCCCCCCCC)CCCCCCCCCCCC)C(=O)/C=C/C(N)=O. The molecule has 0 aliphatic carbocycles. The Labute approximate surface area is 389 Å². The molecule has 0 unspecified atom stereocenters. The highest BCUT2D eigenvalue weighted by Crippen LogP contribution is 2.16. The Hall–Kier alpha value is -1.40. The maximum atomic E-state index is 13.6. The highest BCUT2D eigenvalue weighted by atomic mass is 16.2. The fourth-order valence-electron chi connectivity index (χ4n) is 9.08. The van der Waals surface area contributed by atoms with E-state index in [2.05, 4.69) is 37.5 Å². The molecule has 0 aliphatic heterocycles. The molecule has 0 radical (unpaired) electrons. The fourth-order valence-corrected chi connectivity index (χ4v) is 9.08. The van der Waals surface area contributed by atoms with Crippen molar-refractivity contribution < 1.29 is 9.59 Å². The zero-order chi connectivity index (χ0) is 45.2. The summed E-state index contributed by atoms with van der Waals surface area (Å²) in [6, 6.07) is 0. The van der Waals surface area contributed by atoms with Crippen molar-refractivity contribution in [2.24, 2.45) is 5.73 Å². The van der Waals surface area contributed by atoms with Crippen LogP contribution < -0.4 is 5.73 Å². The summed E-state index contributed by atoms with van der Waals surface area (Å²) in [4.78, 5) is 32.7. The molecule has 0 aliphatic rings. The van der Waals surface area contributed by atoms with Gasteiger partial charge in [0, 0.05) is 38.3 Å². The van der Waals surface area contributed by atoms with Gasteiger partial charge in [0.2, 0.25) is 11.8 Å². The lowest BCUT2D eigenvalue weighted by atomic mass is 10.1. The van der Waals surface area contributed by atoms with E-state index in [0.717, 1.165) is 39.3 Å². The van der Waals surface area contributed by atoms with Crippen LogP contribution >= 0.6 is 0 Å². The summed E-state index contributed by atoms with van der Waals surface area (Å²) < 4.78 is 0. The molecule has 62 heavy (non-hydrogen) atoms. The average Bonchev–Trinajstić information content (AvgIpc) is 3.27. The number of hydrogen-bond acceptors (Lipinski definition) is 4. The number of carbonyl (C=O) groups excluding carboxylic acids is 2. The molecule has 0 aromatic heterocycles. The van der Waals surface area contributed by atoms with Gasteiger partial charge in [-0.1, -0.05) is 259 Å². The van der Waals surface area contributed by atoms with Gasteiger partial charge in [0.15, 0.2) is 0 Å². The van der Waals surface area contributed by atoms with Gasteiger partial charge in [-0.3, -0.25) is 9.59 Å². The molecule has 6 heteroatoms. The second kappa shape index (κ2) is 50.6. The Bertz CT molecular complexity index is 837. The summed E-state index contributed by atoms with van der Waals surface area (Å²) in [5, 5.41) is 0. The standard InChI is InChI=1S/C56H112N4O2/c1-5-9-13-17-21-25-29-33-37-41-47-58(48-42-38-34-30-26-22-18-14-10-6-2)51-53-60(56(62)46-45-55(57)61)54-52-59(49-43-39-35-31-27-23-19-15-11-7-3)50-44-40-36-32-28-24-20-16-12-8-4/h45-46H,5-44,47-54H2,1-4H3,(H2,57,61)/b46-45+. The molecule has 0 aromatic rings. The van der Waals surface area contributed by atoms with Crippen LogP contribution in [-0.2, 0) is 9.59 Å². The number of unbranched alkanes of at least 4 members (excludes halogenated alkanes) is 36.